The largest absolute Gasteiger partial charge is 0.240 e. The molecule has 124 valence electrons. The lowest BCUT2D eigenvalue weighted by atomic mass is 9.90. The minimum atomic E-state index is 0.261. The average molecular weight is 296 g/mol. The lowest BCUT2D eigenvalue weighted by molar-refractivity contribution is 0.0640. The van der Waals surface area contributed by atoms with E-state index < -0.39 is 0 Å². The van der Waals surface area contributed by atoms with Crippen LogP contribution in [0.2, 0.25) is 0 Å². The monoisotopic (exact) mass is 295 g/mol. The molecule has 0 spiro atoms. The zero-order valence-electron chi connectivity index (χ0n) is 14.7. The van der Waals surface area contributed by atoms with Crippen molar-refractivity contribution in [1.82, 2.24) is 10.5 Å². The summed E-state index contributed by atoms with van der Waals surface area (Å²) in [6.45, 7) is 7.88. The smallest absolute Gasteiger partial charge is 0.0573 e. The second kappa shape index (κ2) is 11.1. The van der Waals surface area contributed by atoms with Crippen molar-refractivity contribution in [3.63, 3.8) is 0 Å². The fourth-order valence-corrected chi connectivity index (χ4v) is 3.11. The number of nitrogens with zero attached hydrogens (tertiary/aromatic N) is 2. The van der Waals surface area contributed by atoms with Crippen molar-refractivity contribution < 1.29 is 0 Å². The topological polar surface area (TPSA) is 27.6 Å². The van der Waals surface area contributed by atoms with Crippen LogP contribution in [-0.2, 0) is 0 Å². The Morgan fingerprint density at radius 3 is 2.00 bits per heavy atom. The molecule has 0 aromatic heterocycles. The number of hydrogen-bond donors (Lipinski definition) is 1. The van der Waals surface area contributed by atoms with Crippen LogP contribution in [0.4, 0.5) is 0 Å². The number of hydrazine groups is 1. The fraction of sp³-hybridized carbons (Fsp3) is 0.944. The van der Waals surface area contributed by atoms with Crippen LogP contribution in [0.15, 0.2) is 5.10 Å². The van der Waals surface area contributed by atoms with Crippen LogP contribution in [0.3, 0.4) is 0 Å². The van der Waals surface area contributed by atoms with Gasteiger partial charge in [0.2, 0.25) is 0 Å². The molecule has 3 heteroatoms. The molecule has 1 rings (SSSR count). The van der Waals surface area contributed by atoms with Gasteiger partial charge in [-0.15, -0.1) is 0 Å². The molecule has 0 aliphatic carbocycles. The third-order valence-corrected chi connectivity index (χ3v) is 5.02. The highest BCUT2D eigenvalue weighted by atomic mass is 15.7. The molecule has 0 saturated carbocycles. The van der Waals surface area contributed by atoms with Crippen LogP contribution in [0.1, 0.15) is 97.8 Å². The standard InChI is InChI=1S/C18H37N3/c1-4-6-7-8-9-10-11-12-13-14-15-18(3,5-2)21-17-16-19-20-21/h16,20H,4-15,17H2,1-3H3. The zero-order valence-corrected chi connectivity index (χ0v) is 14.7. The number of unbranched alkanes of at least 4 members (excludes halogenated alkanes) is 9. The first-order valence-electron chi connectivity index (χ1n) is 9.27. The summed E-state index contributed by atoms with van der Waals surface area (Å²) < 4.78 is 0. The minimum absolute atomic E-state index is 0.261. The van der Waals surface area contributed by atoms with Crippen molar-refractivity contribution in [2.75, 3.05) is 6.54 Å². The number of nitrogens with one attached hydrogen (secondary N) is 1. The minimum Gasteiger partial charge on any atom is -0.240 e. The predicted octanol–water partition coefficient (Wildman–Crippen LogP) is 5.27. The molecule has 1 N–H and O–H groups in total. The Balaban J connectivity index is 1.97. The first kappa shape index (κ1) is 18.5. The maximum Gasteiger partial charge on any atom is 0.0573 e. The Kier molecular flexibility index (Phi) is 9.73. The van der Waals surface area contributed by atoms with Gasteiger partial charge >= 0.3 is 0 Å². The predicted molar refractivity (Wildman–Crippen MR) is 93.5 cm³/mol. The maximum atomic E-state index is 4.13. The van der Waals surface area contributed by atoms with E-state index in [9.17, 15) is 0 Å². The molecular formula is C18H37N3. The molecule has 0 saturated heterocycles. The summed E-state index contributed by atoms with van der Waals surface area (Å²) in [5.74, 6) is 0. The summed E-state index contributed by atoms with van der Waals surface area (Å²) in [4.78, 5) is 0. The van der Waals surface area contributed by atoms with Crippen molar-refractivity contribution >= 4 is 6.21 Å². The summed E-state index contributed by atoms with van der Waals surface area (Å²) >= 11 is 0. The van der Waals surface area contributed by atoms with Gasteiger partial charge in [0, 0.05) is 11.8 Å². The highest BCUT2D eigenvalue weighted by molar-refractivity contribution is 5.60. The Morgan fingerprint density at radius 2 is 1.52 bits per heavy atom. The molecule has 1 unspecified atom stereocenters. The second-order valence-corrected chi connectivity index (χ2v) is 6.80. The molecule has 1 heterocycles. The average Bonchev–Trinajstić information content (AvgIpc) is 3.04. The lowest BCUT2D eigenvalue weighted by Gasteiger charge is -2.37. The summed E-state index contributed by atoms with van der Waals surface area (Å²) in [7, 11) is 0. The van der Waals surface area contributed by atoms with Gasteiger partial charge in [-0.25, -0.2) is 5.53 Å². The summed E-state index contributed by atoms with van der Waals surface area (Å²) in [6, 6.07) is 0. The van der Waals surface area contributed by atoms with Crippen LogP contribution >= 0.6 is 0 Å². The van der Waals surface area contributed by atoms with Crippen LogP contribution in [0.5, 0.6) is 0 Å². The molecule has 1 atom stereocenters. The van der Waals surface area contributed by atoms with E-state index in [0.717, 1.165) is 6.54 Å². The van der Waals surface area contributed by atoms with Crippen molar-refractivity contribution in [2.24, 2.45) is 5.10 Å². The van der Waals surface area contributed by atoms with Gasteiger partial charge in [-0.05, 0) is 19.8 Å². The van der Waals surface area contributed by atoms with Gasteiger partial charge in [-0.2, -0.15) is 10.1 Å². The Hall–Kier alpha value is -0.570. The van der Waals surface area contributed by atoms with Crippen LogP contribution in [0, 0.1) is 0 Å². The van der Waals surface area contributed by atoms with Gasteiger partial charge < -0.3 is 0 Å². The SMILES string of the molecule is CCCCCCCCCCCCC(C)(CC)N1CC=NN1. The third-order valence-electron chi connectivity index (χ3n) is 5.02. The van der Waals surface area contributed by atoms with Crippen molar-refractivity contribution in [1.29, 1.82) is 0 Å². The molecule has 1 aliphatic rings. The van der Waals surface area contributed by atoms with Gasteiger partial charge in [0.05, 0.1) is 6.54 Å². The van der Waals surface area contributed by atoms with E-state index in [0.29, 0.717) is 0 Å². The maximum absolute atomic E-state index is 4.13. The van der Waals surface area contributed by atoms with E-state index in [1.54, 1.807) is 0 Å². The summed E-state index contributed by atoms with van der Waals surface area (Å²) in [6.07, 6.45) is 18.5. The molecular weight excluding hydrogens is 258 g/mol. The molecule has 3 nitrogen and oxygen atoms in total. The Labute approximate surface area is 132 Å². The normalized spacial score (nSPS) is 17.9. The highest BCUT2D eigenvalue weighted by Gasteiger charge is 2.30. The molecule has 0 bridgehead atoms. The van der Waals surface area contributed by atoms with Crippen LogP contribution in [0.25, 0.3) is 0 Å². The first-order valence-corrected chi connectivity index (χ1v) is 9.27. The van der Waals surface area contributed by atoms with Crippen molar-refractivity contribution in [3.8, 4) is 0 Å². The molecule has 0 fully saturated rings. The van der Waals surface area contributed by atoms with Gasteiger partial charge in [0.25, 0.3) is 0 Å². The van der Waals surface area contributed by atoms with Gasteiger partial charge in [0.1, 0.15) is 0 Å². The van der Waals surface area contributed by atoms with E-state index in [2.05, 4.69) is 36.4 Å². The van der Waals surface area contributed by atoms with E-state index in [1.807, 2.05) is 6.21 Å². The zero-order chi connectivity index (χ0) is 15.4. The third kappa shape index (κ3) is 7.30. The molecule has 1 aliphatic heterocycles. The molecule has 0 radical (unpaired) electrons. The van der Waals surface area contributed by atoms with Crippen LogP contribution in [-0.4, -0.2) is 23.3 Å². The van der Waals surface area contributed by atoms with Gasteiger partial charge in [-0.1, -0.05) is 78.1 Å². The fourth-order valence-electron chi connectivity index (χ4n) is 3.11. The van der Waals surface area contributed by atoms with E-state index in [1.165, 1.54) is 77.0 Å². The Bertz CT molecular complexity index is 270. The highest BCUT2D eigenvalue weighted by Crippen LogP contribution is 2.25. The quantitative estimate of drug-likeness (QED) is 0.469. The van der Waals surface area contributed by atoms with E-state index in [4.69, 9.17) is 0 Å². The Morgan fingerprint density at radius 1 is 0.952 bits per heavy atom. The number of hydrogen-bond acceptors (Lipinski definition) is 3. The van der Waals surface area contributed by atoms with E-state index >= 15 is 0 Å². The van der Waals surface area contributed by atoms with Crippen molar-refractivity contribution in [2.45, 2.75) is 103 Å². The van der Waals surface area contributed by atoms with Crippen LogP contribution < -0.4 is 5.53 Å². The lowest BCUT2D eigenvalue weighted by Crippen LogP contribution is -2.49. The molecule has 0 amide bonds. The van der Waals surface area contributed by atoms with Crippen molar-refractivity contribution in [3.05, 3.63) is 0 Å². The first-order chi connectivity index (χ1) is 10.2. The molecule has 21 heavy (non-hydrogen) atoms. The summed E-state index contributed by atoms with van der Waals surface area (Å²) in [5, 5.41) is 6.42. The second-order valence-electron chi connectivity index (χ2n) is 6.80. The van der Waals surface area contributed by atoms with Gasteiger partial charge in [-0.3, -0.25) is 0 Å². The number of rotatable bonds is 13. The van der Waals surface area contributed by atoms with E-state index in [-0.39, 0.29) is 5.54 Å². The summed E-state index contributed by atoms with van der Waals surface area (Å²) in [5.41, 5.74) is 3.40. The molecule has 0 aromatic rings. The number of hydrazone groups is 1. The molecule has 0 aromatic carbocycles. The van der Waals surface area contributed by atoms with Gasteiger partial charge in [0.15, 0.2) is 0 Å².